The fraction of sp³-hybridized carbons (Fsp3) is 0.583. The van der Waals surface area contributed by atoms with E-state index in [-0.39, 0.29) is 5.82 Å². The Morgan fingerprint density at radius 3 is 2.88 bits per heavy atom. The Bertz CT molecular complexity index is 302. The van der Waals surface area contributed by atoms with E-state index < -0.39 is 0 Å². The Labute approximate surface area is 96.5 Å². The Kier molecular flexibility index (Phi) is 5.96. The average Bonchev–Trinajstić information content (AvgIpc) is 2.25. The highest BCUT2D eigenvalue weighted by Gasteiger charge is 1.99. The smallest absolute Gasteiger partial charge is 0.145 e. The standard InChI is InChI=1S/C12H20FN3/c1-10(2)16-6-3-5-14-8-11-4-7-15-9-12(11)13/h4,7,9-10,14,16H,3,5-6,8H2,1-2H3. The third kappa shape index (κ3) is 5.19. The number of hydrogen-bond donors (Lipinski definition) is 2. The van der Waals surface area contributed by atoms with E-state index in [0.29, 0.717) is 18.2 Å². The fourth-order valence-corrected chi connectivity index (χ4v) is 1.37. The summed E-state index contributed by atoms with van der Waals surface area (Å²) in [4.78, 5) is 3.71. The summed E-state index contributed by atoms with van der Waals surface area (Å²) in [7, 11) is 0. The van der Waals surface area contributed by atoms with Crippen LogP contribution in [0.2, 0.25) is 0 Å². The number of nitrogens with one attached hydrogen (secondary N) is 2. The maximum Gasteiger partial charge on any atom is 0.145 e. The second kappa shape index (κ2) is 7.30. The molecule has 1 aromatic rings. The van der Waals surface area contributed by atoms with Gasteiger partial charge in [0.2, 0.25) is 0 Å². The third-order valence-electron chi connectivity index (χ3n) is 2.25. The predicted octanol–water partition coefficient (Wildman–Crippen LogP) is 1.70. The molecule has 0 radical (unpaired) electrons. The van der Waals surface area contributed by atoms with Crippen LogP contribution < -0.4 is 10.6 Å². The molecule has 0 aliphatic carbocycles. The van der Waals surface area contributed by atoms with Crippen molar-refractivity contribution in [3.8, 4) is 0 Å². The van der Waals surface area contributed by atoms with Crippen LogP contribution in [0.5, 0.6) is 0 Å². The molecule has 1 heterocycles. The molecular weight excluding hydrogens is 205 g/mol. The summed E-state index contributed by atoms with van der Waals surface area (Å²) in [6, 6.07) is 2.23. The lowest BCUT2D eigenvalue weighted by Crippen LogP contribution is -2.26. The van der Waals surface area contributed by atoms with E-state index in [1.54, 1.807) is 12.3 Å². The SMILES string of the molecule is CC(C)NCCCNCc1ccncc1F. The first-order chi connectivity index (χ1) is 7.70. The second-order valence-corrected chi connectivity index (χ2v) is 4.11. The topological polar surface area (TPSA) is 37.0 Å². The van der Waals surface area contributed by atoms with Gasteiger partial charge in [-0.05, 0) is 25.6 Å². The molecule has 0 unspecified atom stereocenters. The van der Waals surface area contributed by atoms with Crippen LogP contribution in [0.1, 0.15) is 25.8 Å². The van der Waals surface area contributed by atoms with Gasteiger partial charge in [-0.15, -0.1) is 0 Å². The molecule has 0 spiro atoms. The molecule has 16 heavy (non-hydrogen) atoms. The van der Waals surface area contributed by atoms with Crippen LogP contribution in [0.4, 0.5) is 4.39 Å². The molecule has 2 N–H and O–H groups in total. The molecule has 0 fully saturated rings. The van der Waals surface area contributed by atoms with Crippen molar-refractivity contribution in [3.63, 3.8) is 0 Å². The minimum Gasteiger partial charge on any atom is -0.314 e. The van der Waals surface area contributed by atoms with Crippen molar-refractivity contribution in [1.82, 2.24) is 15.6 Å². The number of nitrogens with zero attached hydrogens (tertiary/aromatic N) is 1. The van der Waals surface area contributed by atoms with E-state index in [1.807, 2.05) is 0 Å². The monoisotopic (exact) mass is 225 g/mol. The summed E-state index contributed by atoms with van der Waals surface area (Å²) in [6.45, 7) is 6.69. The van der Waals surface area contributed by atoms with Crippen molar-refractivity contribution >= 4 is 0 Å². The zero-order chi connectivity index (χ0) is 11.8. The minimum atomic E-state index is -0.240. The molecule has 0 saturated heterocycles. The van der Waals surface area contributed by atoms with Crippen LogP contribution >= 0.6 is 0 Å². The van der Waals surface area contributed by atoms with E-state index >= 15 is 0 Å². The molecule has 1 rings (SSSR count). The highest BCUT2D eigenvalue weighted by Crippen LogP contribution is 2.03. The van der Waals surface area contributed by atoms with Crippen LogP contribution in [0.15, 0.2) is 18.5 Å². The average molecular weight is 225 g/mol. The van der Waals surface area contributed by atoms with E-state index in [4.69, 9.17) is 0 Å². The van der Waals surface area contributed by atoms with Crippen molar-refractivity contribution in [2.45, 2.75) is 32.9 Å². The molecule has 0 aliphatic rings. The fourth-order valence-electron chi connectivity index (χ4n) is 1.37. The summed E-state index contributed by atoms with van der Waals surface area (Å²) >= 11 is 0. The first kappa shape index (κ1) is 13.1. The van der Waals surface area contributed by atoms with Gasteiger partial charge in [-0.3, -0.25) is 4.98 Å². The molecule has 3 nitrogen and oxygen atoms in total. The predicted molar refractivity (Wildman–Crippen MR) is 63.7 cm³/mol. The first-order valence-electron chi connectivity index (χ1n) is 5.72. The van der Waals surface area contributed by atoms with Crippen molar-refractivity contribution < 1.29 is 4.39 Å². The molecule has 4 heteroatoms. The van der Waals surface area contributed by atoms with E-state index in [1.165, 1.54) is 6.20 Å². The van der Waals surface area contributed by atoms with Crippen molar-refractivity contribution in [1.29, 1.82) is 0 Å². The highest BCUT2D eigenvalue weighted by atomic mass is 19.1. The molecule has 0 amide bonds. The Morgan fingerprint density at radius 1 is 1.38 bits per heavy atom. The van der Waals surface area contributed by atoms with E-state index in [9.17, 15) is 4.39 Å². The van der Waals surface area contributed by atoms with Crippen molar-refractivity contribution in [2.24, 2.45) is 0 Å². The molecule has 90 valence electrons. The van der Waals surface area contributed by atoms with Gasteiger partial charge in [0.05, 0.1) is 6.20 Å². The lowest BCUT2D eigenvalue weighted by molar-refractivity contribution is 0.538. The summed E-state index contributed by atoms with van der Waals surface area (Å²) < 4.78 is 13.2. The van der Waals surface area contributed by atoms with E-state index in [2.05, 4.69) is 29.5 Å². The first-order valence-corrected chi connectivity index (χ1v) is 5.72. The lowest BCUT2D eigenvalue weighted by Gasteiger charge is -2.08. The summed E-state index contributed by atoms with van der Waals surface area (Å²) in [5, 5.41) is 6.54. The molecule has 0 aromatic carbocycles. The van der Waals surface area contributed by atoms with Gasteiger partial charge in [0.1, 0.15) is 5.82 Å². The van der Waals surface area contributed by atoms with Crippen LogP contribution in [-0.2, 0) is 6.54 Å². The zero-order valence-corrected chi connectivity index (χ0v) is 9.96. The third-order valence-corrected chi connectivity index (χ3v) is 2.25. The number of pyridine rings is 1. The lowest BCUT2D eigenvalue weighted by atomic mass is 10.2. The molecular formula is C12H20FN3. The van der Waals surface area contributed by atoms with Crippen molar-refractivity contribution in [3.05, 3.63) is 29.8 Å². The van der Waals surface area contributed by atoms with Gasteiger partial charge < -0.3 is 10.6 Å². The van der Waals surface area contributed by atoms with Gasteiger partial charge in [0, 0.05) is 24.3 Å². The number of rotatable bonds is 7. The van der Waals surface area contributed by atoms with Crippen LogP contribution in [0, 0.1) is 5.82 Å². The van der Waals surface area contributed by atoms with Crippen LogP contribution in [0.3, 0.4) is 0 Å². The van der Waals surface area contributed by atoms with E-state index in [0.717, 1.165) is 19.5 Å². The maximum atomic E-state index is 13.2. The Morgan fingerprint density at radius 2 is 2.19 bits per heavy atom. The van der Waals surface area contributed by atoms with Gasteiger partial charge in [0.25, 0.3) is 0 Å². The molecule has 0 atom stereocenters. The summed E-state index contributed by atoms with van der Waals surface area (Å²) in [5.74, 6) is -0.240. The van der Waals surface area contributed by atoms with Crippen LogP contribution in [-0.4, -0.2) is 24.1 Å². The maximum absolute atomic E-state index is 13.2. The second-order valence-electron chi connectivity index (χ2n) is 4.11. The normalized spacial score (nSPS) is 11.0. The highest BCUT2D eigenvalue weighted by molar-refractivity contribution is 5.11. The number of halogens is 1. The van der Waals surface area contributed by atoms with Crippen LogP contribution in [0.25, 0.3) is 0 Å². The van der Waals surface area contributed by atoms with Gasteiger partial charge >= 0.3 is 0 Å². The number of aromatic nitrogens is 1. The number of hydrogen-bond acceptors (Lipinski definition) is 3. The zero-order valence-electron chi connectivity index (χ0n) is 9.96. The Balaban J connectivity index is 2.10. The largest absolute Gasteiger partial charge is 0.314 e. The van der Waals surface area contributed by atoms with Gasteiger partial charge in [-0.1, -0.05) is 13.8 Å². The Hall–Kier alpha value is -1.00. The quantitative estimate of drug-likeness (QED) is 0.693. The molecule has 1 aromatic heterocycles. The van der Waals surface area contributed by atoms with Gasteiger partial charge in [-0.2, -0.15) is 0 Å². The van der Waals surface area contributed by atoms with Gasteiger partial charge in [0.15, 0.2) is 0 Å². The van der Waals surface area contributed by atoms with Crippen molar-refractivity contribution in [2.75, 3.05) is 13.1 Å². The minimum absolute atomic E-state index is 0.240. The molecule has 0 aliphatic heterocycles. The molecule has 0 bridgehead atoms. The van der Waals surface area contributed by atoms with Gasteiger partial charge in [-0.25, -0.2) is 4.39 Å². The summed E-state index contributed by atoms with van der Waals surface area (Å²) in [5.41, 5.74) is 0.673. The molecule has 0 saturated carbocycles. The summed E-state index contributed by atoms with van der Waals surface area (Å²) in [6.07, 6.45) is 3.91.